The fourth-order valence-corrected chi connectivity index (χ4v) is 3.38. The highest BCUT2D eigenvalue weighted by Gasteiger charge is 2.31. The number of imidazole rings is 1. The fourth-order valence-electron chi connectivity index (χ4n) is 3.38. The highest BCUT2D eigenvalue weighted by atomic mass is 19.1. The minimum absolute atomic E-state index is 0.182. The van der Waals surface area contributed by atoms with Crippen molar-refractivity contribution in [2.45, 2.75) is 44.6 Å². The zero-order valence-corrected chi connectivity index (χ0v) is 11.8. The van der Waals surface area contributed by atoms with E-state index in [9.17, 15) is 4.39 Å². The summed E-state index contributed by atoms with van der Waals surface area (Å²) < 4.78 is 13.0. The van der Waals surface area contributed by atoms with Gasteiger partial charge in [0.2, 0.25) is 5.95 Å². The van der Waals surface area contributed by atoms with Crippen molar-refractivity contribution in [1.29, 1.82) is 0 Å². The average Bonchev–Trinajstić information content (AvgIpc) is 3.14. The van der Waals surface area contributed by atoms with E-state index in [4.69, 9.17) is 4.98 Å². The summed E-state index contributed by atoms with van der Waals surface area (Å²) in [5.41, 5.74) is 2.52. The number of anilines is 1. The molecule has 2 aliphatic rings. The molecule has 0 unspecified atom stereocenters. The Morgan fingerprint density at radius 1 is 1.14 bits per heavy atom. The van der Waals surface area contributed by atoms with Gasteiger partial charge in [0.15, 0.2) is 5.82 Å². The summed E-state index contributed by atoms with van der Waals surface area (Å²) in [6, 6.07) is 0.182. The van der Waals surface area contributed by atoms with Crippen LogP contribution in [0.2, 0.25) is 0 Å². The molecule has 0 radical (unpaired) electrons. The van der Waals surface area contributed by atoms with Crippen molar-refractivity contribution >= 4 is 5.95 Å². The van der Waals surface area contributed by atoms with E-state index in [1.165, 1.54) is 36.6 Å². The van der Waals surface area contributed by atoms with E-state index >= 15 is 0 Å². The molecule has 1 fully saturated rings. The number of fused-ring (bicyclic) bond motifs is 1. The Balaban J connectivity index is 1.64. The summed E-state index contributed by atoms with van der Waals surface area (Å²) in [7, 11) is 0. The molecule has 6 heteroatoms. The van der Waals surface area contributed by atoms with Gasteiger partial charge < -0.3 is 9.88 Å². The minimum atomic E-state index is -0.400. The van der Waals surface area contributed by atoms with Gasteiger partial charge in [0.1, 0.15) is 5.82 Å². The molecule has 1 N–H and O–H groups in total. The summed E-state index contributed by atoms with van der Waals surface area (Å²) in [4.78, 5) is 18.7. The molecule has 4 rings (SSSR count). The maximum Gasteiger partial charge on any atom is 0.226 e. The number of aryl methyl sites for hydroxylation is 2. The molecule has 2 aromatic heterocycles. The highest BCUT2D eigenvalue weighted by Crippen LogP contribution is 2.34. The molecule has 2 aromatic rings. The van der Waals surface area contributed by atoms with Gasteiger partial charge in [-0.15, -0.1) is 0 Å². The van der Waals surface area contributed by atoms with Gasteiger partial charge in [-0.25, -0.2) is 19.3 Å². The van der Waals surface area contributed by atoms with Crippen molar-refractivity contribution in [2.75, 3.05) is 11.4 Å². The van der Waals surface area contributed by atoms with Crippen LogP contribution in [0, 0.1) is 5.82 Å². The molecule has 3 heterocycles. The van der Waals surface area contributed by atoms with Gasteiger partial charge in [0.05, 0.1) is 24.1 Å². The lowest BCUT2D eigenvalue weighted by Gasteiger charge is -2.22. The lowest BCUT2D eigenvalue weighted by Crippen LogP contribution is -2.25. The molecular weight excluding hydrogens is 269 g/mol. The highest BCUT2D eigenvalue weighted by molar-refractivity contribution is 5.35. The van der Waals surface area contributed by atoms with Crippen molar-refractivity contribution in [3.05, 3.63) is 35.4 Å². The minimum Gasteiger partial charge on any atom is -0.344 e. The van der Waals surface area contributed by atoms with Gasteiger partial charge in [-0.3, -0.25) is 0 Å². The molecule has 0 bridgehead atoms. The Morgan fingerprint density at radius 2 is 1.95 bits per heavy atom. The maximum absolute atomic E-state index is 13.0. The monoisotopic (exact) mass is 287 g/mol. The summed E-state index contributed by atoms with van der Waals surface area (Å²) >= 11 is 0. The van der Waals surface area contributed by atoms with E-state index in [-0.39, 0.29) is 6.04 Å². The topological polar surface area (TPSA) is 57.7 Å². The molecule has 0 amide bonds. The van der Waals surface area contributed by atoms with Crippen molar-refractivity contribution in [3.8, 4) is 0 Å². The number of hydrogen-bond acceptors (Lipinski definition) is 4. The summed E-state index contributed by atoms with van der Waals surface area (Å²) in [6.45, 7) is 0.891. The Kier molecular flexibility index (Phi) is 3.09. The number of H-pyrrole nitrogens is 1. The van der Waals surface area contributed by atoms with Crippen molar-refractivity contribution < 1.29 is 4.39 Å². The van der Waals surface area contributed by atoms with Crippen LogP contribution in [0.5, 0.6) is 0 Å². The second-order valence-corrected chi connectivity index (χ2v) is 5.81. The first kappa shape index (κ1) is 12.7. The third kappa shape index (κ3) is 2.28. The van der Waals surface area contributed by atoms with Crippen LogP contribution in [0.3, 0.4) is 0 Å². The normalized spacial score (nSPS) is 21.6. The maximum atomic E-state index is 13.0. The molecule has 1 aliphatic heterocycles. The molecule has 0 aromatic carbocycles. The predicted octanol–water partition coefficient (Wildman–Crippen LogP) is 2.56. The van der Waals surface area contributed by atoms with E-state index in [0.29, 0.717) is 5.95 Å². The molecular formula is C15H18FN5. The second-order valence-electron chi connectivity index (χ2n) is 5.81. The van der Waals surface area contributed by atoms with E-state index < -0.39 is 5.82 Å². The number of nitrogens with one attached hydrogen (secondary N) is 1. The van der Waals surface area contributed by atoms with Crippen LogP contribution >= 0.6 is 0 Å². The van der Waals surface area contributed by atoms with Crippen LogP contribution in [0.4, 0.5) is 10.3 Å². The molecule has 110 valence electrons. The summed E-state index contributed by atoms with van der Waals surface area (Å²) in [5, 5.41) is 0. The van der Waals surface area contributed by atoms with Crippen LogP contribution in [-0.2, 0) is 12.8 Å². The lowest BCUT2D eigenvalue weighted by molar-refractivity contribution is 0.606. The zero-order chi connectivity index (χ0) is 14.2. The standard InChI is InChI=1S/C15H18FN5/c16-10-8-17-15(18-9-10)21-7-3-6-13(21)14-19-11-4-1-2-5-12(11)20-14/h8-9,13H,1-7H2,(H,19,20)/t13-/m0/s1. The van der Waals surface area contributed by atoms with Crippen molar-refractivity contribution in [2.24, 2.45) is 0 Å². The van der Waals surface area contributed by atoms with E-state index in [1.54, 1.807) is 0 Å². The number of hydrogen-bond donors (Lipinski definition) is 1. The smallest absolute Gasteiger partial charge is 0.226 e. The quantitative estimate of drug-likeness (QED) is 0.922. The molecule has 0 saturated carbocycles. The number of aromatic amines is 1. The van der Waals surface area contributed by atoms with Gasteiger partial charge in [-0.1, -0.05) is 0 Å². The number of aromatic nitrogens is 4. The lowest BCUT2D eigenvalue weighted by atomic mass is 10.0. The van der Waals surface area contributed by atoms with E-state index in [1.807, 2.05) is 0 Å². The van der Waals surface area contributed by atoms with Crippen LogP contribution < -0.4 is 4.90 Å². The SMILES string of the molecule is Fc1cnc(N2CCC[C@H]2c2nc3c([nH]2)CCCC3)nc1. The predicted molar refractivity (Wildman–Crippen MR) is 76.5 cm³/mol. The number of rotatable bonds is 2. The van der Waals surface area contributed by atoms with Crippen molar-refractivity contribution in [3.63, 3.8) is 0 Å². The average molecular weight is 287 g/mol. The first-order valence-electron chi connectivity index (χ1n) is 7.63. The van der Waals surface area contributed by atoms with Crippen LogP contribution in [0.1, 0.15) is 48.9 Å². The van der Waals surface area contributed by atoms with E-state index in [0.717, 1.165) is 38.1 Å². The first-order valence-corrected chi connectivity index (χ1v) is 7.63. The third-order valence-electron chi connectivity index (χ3n) is 4.41. The Hall–Kier alpha value is -1.98. The summed E-state index contributed by atoms with van der Waals surface area (Å²) in [5.74, 6) is 1.21. The van der Waals surface area contributed by atoms with Gasteiger partial charge in [-0.2, -0.15) is 0 Å². The summed E-state index contributed by atoms with van der Waals surface area (Å²) in [6.07, 6.45) is 9.21. The Morgan fingerprint density at radius 3 is 2.76 bits per heavy atom. The molecule has 5 nitrogen and oxygen atoms in total. The molecule has 21 heavy (non-hydrogen) atoms. The molecule has 1 saturated heterocycles. The van der Waals surface area contributed by atoms with Gasteiger partial charge in [0.25, 0.3) is 0 Å². The Bertz CT molecular complexity index is 613. The van der Waals surface area contributed by atoms with Gasteiger partial charge in [-0.05, 0) is 38.5 Å². The van der Waals surface area contributed by atoms with Gasteiger partial charge in [0, 0.05) is 12.2 Å². The Labute approximate surface area is 122 Å². The largest absolute Gasteiger partial charge is 0.344 e. The van der Waals surface area contributed by atoms with Crippen molar-refractivity contribution in [1.82, 2.24) is 19.9 Å². The first-order chi connectivity index (χ1) is 10.3. The van der Waals surface area contributed by atoms with Gasteiger partial charge >= 0.3 is 0 Å². The fraction of sp³-hybridized carbons (Fsp3) is 0.533. The number of nitrogens with zero attached hydrogens (tertiary/aromatic N) is 4. The molecule has 1 aliphatic carbocycles. The van der Waals surface area contributed by atoms with Crippen LogP contribution in [0.15, 0.2) is 12.4 Å². The zero-order valence-electron chi connectivity index (χ0n) is 11.8. The van der Waals surface area contributed by atoms with Crippen LogP contribution in [0.25, 0.3) is 0 Å². The molecule has 1 atom stereocenters. The third-order valence-corrected chi connectivity index (χ3v) is 4.41. The second kappa shape index (κ2) is 5.09. The van der Waals surface area contributed by atoms with Crippen LogP contribution in [-0.4, -0.2) is 26.5 Å². The van der Waals surface area contributed by atoms with E-state index in [2.05, 4.69) is 19.9 Å². The molecule has 0 spiro atoms. The number of halogens is 1.